The number of amides is 1. The minimum absolute atomic E-state index is 0. The molecule has 0 bridgehead atoms. The first-order chi connectivity index (χ1) is 14.9. The number of benzene rings is 1. The summed E-state index contributed by atoms with van der Waals surface area (Å²) in [4.78, 5) is 22.8. The highest BCUT2D eigenvalue weighted by molar-refractivity contribution is 14.0. The van der Waals surface area contributed by atoms with Gasteiger partial charge in [0.1, 0.15) is 6.54 Å². The summed E-state index contributed by atoms with van der Waals surface area (Å²) in [5, 5.41) is 7.81. The van der Waals surface area contributed by atoms with Crippen LogP contribution in [0.5, 0.6) is 0 Å². The smallest absolute Gasteiger partial charge is 0.243 e. The summed E-state index contributed by atoms with van der Waals surface area (Å²) in [6.07, 6.45) is 6.08. The number of para-hydroxylation sites is 1. The van der Waals surface area contributed by atoms with Gasteiger partial charge in [0.2, 0.25) is 5.91 Å². The maximum Gasteiger partial charge on any atom is 0.243 e. The number of likely N-dealkylation sites (tertiary alicyclic amines) is 1. The molecule has 2 aromatic rings. The number of likely N-dealkylation sites (N-methyl/N-ethyl adjacent to an activating group) is 1. The lowest BCUT2D eigenvalue weighted by molar-refractivity contribution is -0.127. The summed E-state index contributed by atoms with van der Waals surface area (Å²) in [5.74, 6) is 1.27. The van der Waals surface area contributed by atoms with E-state index in [0.29, 0.717) is 5.92 Å². The van der Waals surface area contributed by atoms with Gasteiger partial charge in [-0.2, -0.15) is 5.10 Å². The number of anilines is 1. The molecule has 8 nitrogen and oxygen atoms in total. The van der Waals surface area contributed by atoms with E-state index in [1.54, 1.807) is 19.0 Å². The van der Waals surface area contributed by atoms with Crippen LogP contribution in [0, 0.1) is 0 Å². The number of hydrogen-bond acceptors (Lipinski definition) is 4. The first kappa shape index (κ1) is 26.0. The number of carbonyl (C=O) groups excluding carboxylic acids is 1. The number of guanidine groups is 1. The van der Waals surface area contributed by atoms with Crippen molar-refractivity contribution in [2.45, 2.75) is 18.8 Å². The van der Waals surface area contributed by atoms with Crippen LogP contribution < -0.4 is 10.2 Å². The van der Waals surface area contributed by atoms with Gasteiger partial charge in [-0.05, 0) is 30.5 Å². The van der Waals surface area contributed by atoms with Crippen LogP contribution in [-0.2, 0) is 11.8 Å². The minimum Gasteiger partial charge on any atom is -0.375 e. The number of halogens is 1. The lowest BCUT2D eigenvalue weighted by atomic mass is 10.0. The Morgan fingerprint density at radius 1 is 1.25 bits per heavy atom. The van der Waals surface area contributed by atoms with Crippen molar-refractivity contribution in [2.75, 3.05) is 58.8 Å². The van der Waals surface area contributed by atoms with Gasteiger partial charge in [-0.1, -0.05) is 18.2 Å². The number of aliphatic imine (C=N–C) groups is 1. The SMILES string of the molecule is CN(C)C(=O)CN=C(NCCCN(C)c1ccccc1)N1CCC(c2cnn(C)c2)C1.I. The predicted octanol–water partition coefficient (Wildman–Crippen LogP) is 2.39. The van der Waals surface area contributed by atoms with Crippen molar-refractivity contribution in [3.8, 4) is 0 Å². The van der Waals surface area contributed by atoms with Crippen LogP contribution in [-0.4, -0.2) is 85.3 Å². The molecule has 9 heteroatoms. The summed E-state index contributed by atoms with van der Waals surface area (Å²) >= 11 is 0. The molecule has 0 radical (unpaired) electrons. The highest BCUT2D eigenvalue weighted by atomic mass is 127. The zero-order valence-corrected chi connectivity index (χ0v) is 21.9. The van der Waals surface area contributed by atoms with E-state index in [9.17, 15) is 4.79 Å². The quantitative estimate of drug-likeness (QED) is 0.236. The lowest BCUT2D eigenvalue weighted by Crippen LogP contribution is -2.42. The Morgan fingerprint density at radius 2 is 2.00 bits per heavy atom. The molecule has 176 valence electrons. The first-order valence-corrected chi connectivity index (χ1v) is 10.9. The van der Waals surface area contributed by atoms with Crippen LogP contribution >= 0.6 is 24.0 Å². The third-order valence-electron chi connectivity index (χ3n) is 5.70. The molecule has 1 amide bonds. The van der Waals surface area contributed by atoms with Crippen LogP contribution in [0.1, 0.15) is 24.3 Å². The van der Waals surface area contributed by atoms with Gasteiger partial charge in [0.05, 0.1) is 6.20 Å². The Labute approximate surface area is 208 Å². The van der Waals surface area contributed by atoms with Gasteiger partial charge in [0.15, 0.2) is 5.96 Å². The molecule has 1 atom stereocenters. The van der Waals surface area contributed by atoms with E-state index in [4.69, 9.17) is 0 Å². The van der Waals surface area contributed by atoms with E-state index in [-0.39, 0.29) is 36.4 Å². The van der Waals surface area contributed by atoms with E-state index in [0.717, 1.165) is 45.0 Å². The molecule has 1 saturated heterocycles. The molecule has 1 fully saturated rings. The van der Waals surface area contributed by atoms with Crippen molar-refractivity contribution < 1.29 is 4.79 Å². The summed E-state index contributed by atoms with van der Waals surface area (Å²) in [6, 6.07) is 10.4. The van der Waals surface area contributed by atoms with E-state index in [1.807, 2.05) is 24.0 Å². The molecule has 2 heterocycles. The van der Waals surface area contributed by atoms with Crippen molar-refractivity contribution in [3.63, 3.8) is 0 Å². The van der Waals surface area contributed by atoms with E-state index in [2.05, 4.69) is 62.7 Å². The normalized spacial score (nSPS) is 15.9. The number of nitrogens with zero attached hydrogens (tertiary/aromatic N) is 6. The molecule has 1 N–H and O–H groups in total. The Hall–Kier alpha value is -2.30. The number of nitrogens with one attached hydrogen (secondary N) is 1. The fourth-order valence-electron chi connectivity index (χ4n) is 3.76. The zero-order chi connectivity index (χ0) is 22.2. The number of aromatic nitrogens is 2. The third kappa shape index (κ3) is 7.39. The molecule has 1 aliphatic rings. The Bertz CT molecular complexity index is 868. The van der Waals surface area contributed by atoms with Crippen LogP contribution in [0.15, 0.2) is 47.7 Å². The molecule has 1 aromatic carbocycles. The average Bonchev–Trinajstić information content (AvgIpc) is 3.42. The number of carbonyl (C=O) groups is 1. The second-order valence-corrected chi connectivity index (χ2v) is 8.34. The average molecular weight is 553 g/mol. The first-order valence-electron chi connectivity index (χ1n) is 10.9. The standard InChI is InChI=1S/C23H35N7O.HI/c1-27(2)22(31)16-25-23(24-12-8-13-28(3)21-9-6-5-7-10-21)30-14-11-19(18-30)20-15-26-29(4)17-20;/h5-7,9-10,15,17,19H,8,11-14,16,18H2,1-4H3,(H,24,25);1H. The Balaban J connectivity index is 0.00000363. The Morgan fingerprint density at radius 3 is 2.66 bits per heavy atom. The number of aryl methyl sites for hydroxylation is 1. The van der Waals surface area contributed by atoms with Gasteiger partial charge in [0.25, 0.3) is 0 Å². The monoisotopic (exact) mass is 553 g/mol. The predicted molar refractivity (Wildman–Crippen MR) is 141 cm³/mol. The summed E-state index contributed by atoms with van der Waals surface area (Å²) in [6.45, 7) is 3.72. The highest BCUT2D eigenvalue weighted by Crippen LogP contribution is 2.26. The van der Waals surface area contributed by atoms with Gasteiger partial charge in [0, 0.05) is 72.2 Å². The molecule has 1 aromatic heterocycles. The summed E-state index contributed by atoms with van der Waals surface area (Å²) in [5.41, 5.74) is 2.48. The fourth-order valence-corrected chi connectivity index (χ4v) is 3.76. The van der Waals surface area contributed by atoms with Gasteiger partial charge < -0.3 is 20.0 Å². The van der Waals surface area contributed by atoms with E-state index in [1.165, 1.54) is 11.3 Å². The summed E-state index contributed by atoms with van der Waals surface area (Å²) < 4.78 is 1.85. The second-order valence-electron chi connectivity index (χ2n) is 8.34. The number of rotatable bonds is 8. The molecular weight excluding hydrogens is 517 g/mol. The maximum atomic E-state index is 12.1. The van der Waals surface area contributed by atoms with E-state index < -0.39 is 0 Å². The third-order valence-corrected chi connectivity index (χ3v) is 5.70. The Kier molecular flexibility index (Phi) is 10.3. The molecule has 0 spiro atoms. The lowest BCUT2D eigenvalue weighted by Gasteiger charge is -2.24. The van der Waals surface area contributed by atoms with Gasteiger partial charge in [-0.15, -0.1) is 24.0 Å². The van der Waals surface area contributed by atoms with Crippen molar-refractivity contribution in [2.24, 2.45) is 12.0 Å². The topological polar surface area (TPSA) is 69.0 Å². The molecule has 0 aliphatic carbocycles. The maximum absolute atomic E-state index is 12.1. The van der Waals surface area contributed by atoms with Crippen LogP contribution in [0.25, 0.3) is 0 Å². The zero-order valence-electron chi connectivity index (χ0n) is 19.6. The molecule has 32 heavy (non-hydrogen) atoms. The van der Waals surface area contributed by atoms with Gasteiger partial charge >= 0.3 is 0 Å². The summed E-state index contributed by atoms with van der Waals surface area (Å²) in [7, 11) is 7.58. The molecular formula is C23H36IN7O. The van der Waals surface area contributed by atoms with Crippen LogP contribution in [0.4, 0.5) is 5.69 Å². The van der Waals surface area contributed by atoms with Crippen LogP contribution in [0.2, 0.25) is 0 Å². The molecule has 1 aliphatic heterocycles. The molecule has 0 saturated carbocycles. The highest BCUT2D eigenvalue weighted by Gasteiger charge is 2.27. The van der Waals surface area contributed by atoms with Gasteiger partial charge in [-0.3, -0.25) is 9.48 Å². The van der Waals surface area contributed by atoms with Crippen molar-refractivity contribution >= 4 is 41.5 Å². The minimum atomic E-state index is 0. The number of hydrogen-bond donors (Lipinski definition) is 1. The molecule has 1 unspecified atom stereocenters. The van der Waals surface area contributed by atoms with Crippen molar-refractivity contribution in [1.82, 2.24) is 24.9 Å². The second kappa shape index (κ2) is 12.7. The van der Waals surface area contributed by atoms with Crippen LogP contribution in [0.3, 0.4) is 0 Å². The van der Waals surface area contributed by atoms with Crippen molar-refractivity contribution in [1.29, 1.82) is 0 Å². The van der Waals surface area contributed by atoms with Crippen molar-refractivity contribution in [3.05, 3.63) is 48.3 Å². The fraction of sp³-hybridized carbons (Fsp3) is 0.522. The molecule has 3 rings (SSSR count). The van der Waals surface area contributed by atoms with E-state index >= 15 is 0 Å². The largest absolute Gasteiger partial charge is 0.375 e. The van der Waals surface area contributed by atoms with Gasteiger partial charge in [-0.25, -0.2) is 4.99 Å².